The second-order valence-corrected chi connectivity index (χ2v) is 7.93. The van der Waals surface area contributed by atoms with Crippen LogP contribution < -0.4 is 10.0 Å². The third-order valence-corrected chi connectivity index (χ3v) is 5.81. The highest BCUT2D eigenvalue weighted by molar-refractivity contribution is 7.89. The molecule has 0 bridgehead atoms. The Morgan fingerprint density at radius 2 is 2.26 bits per heavy atom. The summed E-state index contributed by atoms with van der Waals surface area (Å²) in [4.78, 5) is 5.44. The molecular formula is C12H21N3O2S2. The predicted octanol–water partition coefficient (Wildman–Crippen LogP) is 1.44. The molecule has 1 aliphatic rings. The minimum absolute atomic E-state index is 0.125. The van der Waals surface area contributed by atoms with Crippen molar-refractivity contribution in [1.82, 2.24) is 15.0 Å². The van der Waals surface area contributed by atoms with E-state index < -0.39 is 10.0 Å². The minimum Gasteiger partial charge on any atom is -0.313 e. The van der Waals surface area contributed by atoms with Crippen LogP contribution in [0.4, 0.5) is 0 Å². The zero-order chi connectivity index (χ0) is 13.9. The normalized spacial score (nSPS) is 17.6. The van der Waals surface area contributed by atoms with Crippen LogP contribution in [-0.2, 0) is 16.4 Å². The molecule has 0 spiro atoms. The van der Waals surface area contributed by atoms with Crippen molar-refractivity contribution < 1.29 is 8.42 Å². The number of sulfonamides is 1. The number of nitrogens with one attached hydrogen (secondary N) is 2. The van der Waals surface area contributed by atoms with Gasteiger partial charge in [0.15, 0.2) is 0 Å². The number of aryl methyl sites for hydroxylation is 1. The van der Waals surface area contributed by atoms with Gasteiger partial charge in [-0.2, -0.15) is 0 Å². The van der Waals surface area contributed by atoms with Crippen molar-refractivity contribution >= 4 is 21.4 Å². The van der Waals surface area contributed by atoms with Crippen LogP contribution in [0.2, 0.25) is 0 Å². The van der Waals surface area contributed by atoms with Crippen molar-refractivity contribution in [3.05, 3.63) is 16.1 Å². The van der Waals surface area contributed by atoms with Gasteiger partial charge in [-0.15, -0.1) is 11.3 Å². The Bertz CT molecular complexity index is 509. The van der Waals surface area contributed by atoms with Crippen LogP contribution in [0.5, 0.6) is 0 Å². The van der Waals surface area contributed by atoms with Gasteiger partial charge in [0.1, 0.15) is 5.01 Å². The molecule has 1 fully saturated rings. The molecule has 5 nitrogen and oxygen atoms in total. The molecule has 2 N–H and O–H groups in total. The van der Waals surface area contributed by atoms with Gasteiger partial charge in [-0.1, -0.05) is 6.92 Å². The summed E-state index contributed by atoms with van der Waals surface area (Å²) in [5.41, 5.74) is 0. The topological polar surface area (TPSA) is 71.1 Å². The number of nitrogens with zero attached hydrogens (tertiary/aromatic N) is 1. The van der Waals surface area contributed by atoms with Crippen LogP contribution in [0.25, 0.3) is 0 Å². The number of hydrogen-bond donors (Lipinski definition) is 2. The molecule has 1 unspecified atom stereocenters. The van der Waals surface area contributed by atoms with Gasteiger partial charge in [0.2, 0.25) is 10.0 Å². The molecule has 108 valence electrons. The summed E-state index contributed by atoms with van der Waals surface area (Å²) >= 11 is 1.57. The zero-order valence-electron chi connectivity index (χ0n) is 11.3. The first-order chi connectivity index (χ1) is 9.00. The lowest BCUT2D eigenvalue weighted by molar-refractivity contribution is 0.562. The van der Waals surface area contributed by atoms with Crippen molar-refractivity contribution in [3.63, 3.8) is 0 Å². The highest BCUT2D eigenvalue weighted by Crippen LogP contribution is 2.21. The van der Waals surface area contributed by atoms with Gasteiger partial charge < -0.3 is 5.32 Å². The Morgan fingerprint density at radius 1 is 1.53 bits per heavy atom. The van der Waals surface area contributed by atoms with Gasteiger partial charge in [-0.3, -0.25) is 0 Å². The second kappa shape index (κ2) is 6.30. The van der Waals surface area contributed by atoms with E-state index in [0.717, 1.165) is 11.4 Å². The fourth-order valence-corrected chi connectivity index (χ4v) is 3.84. The van der Waals surface area contributed by atoms with Crippen molar-refractivity contribution in [2.24, 2.45) is 0 Å². The predicted molar refractivity (Wildman–Crippen MR) is 77.9 cm³/mol. The molecule has 0 aromatic carbocycles. The number of rotatable bonds is 8. The van der Waals surface area contributed by atoms with Crippen molar-refractivity contribution in [2.75, 3.05) is 12.3 Å². The van der Waals surface area contributed by atoms with E-state index in [1.807, 2.05) is 13.1 Å². The molecule has 2 rings (SSSR count). The molecule has 1 heterocycles. The smallest absolute Gasteiger partial charge is 0.213 e. The van der Waals surface area contributed by atoms with Crippen LogP contribution in [-0.4, -0.2) is 31.7 Å². The SMILES string of the molecule is CCc1cnc(C(C)NS(=O)(=O)CCNC2CC2)s1. The van der Waals surface area contributed by atoms with Gasteiger partial charge in [-0.25, -0.2) is 18.1 Å². The molecule has 1 atom stereocenters. The van der Waals surface area contributed by atoms with Crippen LogP contribution in [0.3, 0.4) is 0 Å². The van der Waals surface area contributed by atoms with Gasteiger partial charge >= 0.3 is 0 Å². The average molecular weight is 303 g/mol. The standard InChI is InChI=1S/C12H21N3O2S2/c1-3-11-8-14-12(18-11)9(2)15-19(16,17)7-6-13-10-4-5-10/h8-10,13,15H,3-7H2,1-2H3. The quantitative estimate of drug-likeness (QED) is 0.762. The lowest BCUT2D eigenvalue weighted by Crippen LogP contribution is -2.34. The molecule has 19 heavy (non-hydrogen) atoms. The first-order valence-electron chi connectivity index (χ1n) is 6.68. The van der Waals surface area contributed by atoms with Crippen LogP contribution in [0, 0.1) is 0 Å². The molecule has 1 aliphatic carbocycles. The Labute approximate surface area is 118 Å². The molecule has 0 aliphatic heterocycles. The minimum atomic E-state index is -3.24. The van der Waals surface area contributed by atoms with Crippen LogP contribution >= 0.6 is 11.3 Å². The van der Waals surface area contributed by atoms with Crippen molar-refractivity contribution in [1.29, 1.82) is 0 Å². The third kappa shape index (κ3) is 4.83. The fraction of sp³-hybridized carbons (Fsp3) is 0.750. The Kier molecular flexibility index (Phi) is 4.94. The molecule has 0 radical (unpaired) electrons. The van der Waals surface area contributed by atoms with E-state index in [2.05, 4.69) is 21.9 Å². The second-order valence-electron chi connectivity index (χ2n) is 4.91. The number of aromatic nitrogens is 1. The lowest BCUT2D eigenvalue weighted by Gasteiger charge is -2.12. The van der Waals surface area contributed by atoms with Crippen molar-refractivity contribution in [2.45, 2.75) is 45.2 Å². The lowest BCUT2D eigenvalue weighted by atomic mass is 10.4. The van der Waals surface area contributed by atoms with E-state index in [-0.39, 0.29) is 11.8 Å². The molecule has 0 saturated heterocycles. The molecule has 0 amide bonds. The van der Waals surface area contributed by atoms with Gasteiger partial charge in [0.25, 0.3) is 0 Å². The van der Waals surface area contributed by atoms with Gasteiger partial charge in [0, 0.05) is 23.7 Å². The first-order valence-corrected chi connectivity index (χ1v) is 9.15. The molecule has 1 saturated carbocycles. The first kappa shape index (κ1) is 14.9. The van der Waals surface area contributed by atoms with Crippen molar-refractivity contribution in [3.8, 4) is 0 Å². The molecule has 1 aromatic heterocycles. The Morgan fingerprint density at radius 3 is 2.84 bits per heavy atom. The highest BCUT2D eigenvalue weighted by Gasteiger charge is 2.22. The monoisotopic (exact) mass is 303 g/mol. The maximum absolute atomic E-state index is 11.9. The maximum atomic E-state index is 11.9. The van der Waals surface area contributed by atoms with E-state index in [0.29, 0.717) is 12.6 Å². The van der Waals surface area contributed by atoms with E-state index in [9.17, 15) is 8.42 Å². The van der Waals surface area contributed by atoms with Crippen LogP contribution in [0.1, 0.15) is 42.6 Å². The summed E-state index contributed by atoms with van der Waals surface area (Å²) in [6.07, 6.45) is 5.09. The van der Waals surface area contributed by atoms with E-state index in [4.69, 9.17) is 0 Å². The maximum Gasteiger partial charge on any atom is 0.213 e. The van der Waals surface area contributed by atoms with Gasteiger partial charge in [0.05, 0.1) is 11.8 Å². The molecular weight excluding hydrogens is 282 g/mol. The summed E-state index contributed by atoms with van der Waals surface area (Å²) in [7, 11) is -3.24. The summed E-state index contributed by atoms with van der Waals surface area (Å²) in [6, 6.07) is 0.287. The van der Waals surface area contributed by atoms with E-state index >= 15 is 0 Å². The number of thiazole rings is 1. The average Bonchev–Trinajstić information content (AvgIpc) is 3.03. The summed E-state index contributed by atoms with van der Waals surface area (Å²) < 4.78 is 26.5. The fourth-order valence-electron chi connectivity index (χ4n) is 1.75. The van der Waals surface area contributed by atoms with E-state index in [1.54, 1.807) is 11.3 Å². The summed E-state index contributed by atoms with van der Waals surface area (Å²) in [5.74, 6) is 0.125. The van der Waals surface area contributed by atoms with Crippen LogP contribution in [0.15, 0.2) is 6.20 Å². The third-order valence-electron chi connectivity index (χ3n) is 3.03. The molecule has 7 heteroatoms. The summed E-state index contributed by atoms with van der Waals surface area (Å²) in [5, 5.41) is 4.04. The molecule has 1 aromatic rings. The summed E-state index contributed by atoms with van der Waals surface area (Å²) in [6.45, 7) is 4.42. The highest BCUT2D eigenvalue weighted by atomic mass is 32.2. The Balaban J connectivity index is 1.83. The zero-order valence-corrected chi connectivity index (χ0v) is 13.0. The number of hydrogen-bond acceptors (Lipinski definition) is 5. The largest absolute Gasteiger partial charge is 0.313 e. The van der Waals surface area contributed by atoms with Gasteiger partial charge in [-0.05, 0) is 26.2 Å². The Hall–Kier alpha value is -0.500. The van der Waals surface area contributed by atoms with E-state index in [1.165, 1.54) is 17.7 Å².